The third-order valence-electron chi connectivity index (χ3n) is 3.20. The van der Waals surface area contributed by atoms with Crippen molar-refractivity contribution >= 4 is 5.97 Å². The molecule has 0 aliphatic rings. The molecule has 0 heterocycles. The van der Waals surface area contributed by atoms with Gasteiger partial charge in [-0.05, 0) is 0 Å². The molecule has 0 aliphatic heterocycles. The van der Waals surface area contributed by atoms with Crippen molar-refractivity contribution < 1.29 is 64.3 Å². The zero-order valence-electron chi connectivity index (χ0n) is 15.1. The second-order valence-corrected chi connectivity index (χ2v) is 5.21. The zero-order chi connectivity index (χ0) is 23.9. The van der Waals surface area contributed by atoms with Gasteiger partial charge in [-0.3, -0.25) is 0 Å². The zero-order valence-corrected chi connectivity index (χ0v) is 15.1. The molecule has 0 amide bonds. The van der Waals surface area contributed by atoms with E-state index in [2.05, 4.69) is 14.2 Å². The quantitative estimate of drug-likeness (QED) is 0.465. The van der Waals surface area contributed by atoms with E-state index in [1.807, 2.05) is 0 Å². The van der Waals surface area contributed by atoms with Crippen molar-refractivity contribution in [3.05, 3.63) is 58.7 Å². The molecular weight excluding hydrogens is 452 g/mol. The molecule has 2 rings (SSSR count). The van der Waals surface area contributed by atoms with E-state index in [1.54, 1.807) is 0 Å². The lowest BCUT2D eigenvalue weighted by atomic mass is 10.2. The Bertz CT molecular complexity index is 862. The van der Waals surface area contributed by atoms with Crippen LogP contribution in [-0.2, 0) is 4.74 Å². The summed E-state index contributed by atoms with van der Waals surface area (Å²) in [6.07, 6.45) is -1.80. The van der Waals surface area contributed by atoms with Gasteiger partial charge < -0.3 is 24.4 Å². The minimum absolute atomic E-state index is 0.374. The maximum atomic E-state index is 13.2. The summed E-state index contributed by atoms with van der Waals surface area (Å²) in [6, 6.07) is 1.82. The fourth-order valence-corrected chi connectivity index (χ4v) is 2.01. The first kappa shape index (κ1) is 25.9. The van der Waals surface area contributed by atoms with Crippen LogP contribution in [0, 0.1) is 23.3 Å². The Kier molecular flexibility index (Phi) is 9.45. The van der Waals surface area contributed by atoms with Gasteiger partial charge in [-0.15, -0.1) is 0 Å². The summed E-state index contributed by atoms with van der Waals surface area (Å²) in [5.74, 6) is -8.68. The summed E-state index contributed by atoms with van der Waals surface area (Å²) in [7, 11) is 1.03. The lowest BCUT2D eigenvalue weighted by molar-refractivity contribution is -0.0815. The van der Waals surface area contributed by atoms with Crippen molar-refractivity contribution in [3.63, 3.8) is 0 Å². The van der Waals surface area contributed by atoms with Gasteiger partial charge in [0.2, 0.25) is 0 Å². The molecule has 14 heteroatoms. The number of aromatic carboxylic acids is 1. The molecule has 2 N–H and O–H groups in total. The first-order valence-electron chi connectivity index (χ1n) is 7.69. The van der Waals surface area contributed by atoms with E-state index in [-0.39, 0.29) is 0 Å². The van der Waals surface area contributed by atoms with Gasteiger partial charge in [0, 0.05) is 31.4 Å². The van der Waals surface area contributed by atoms with Crippen LogP contribution in [0.4, 0.5) is 35.1 Å². The van der Waals surface area contributed by atoms with Crippen LogP contribution in [0.15, 0.2) is 24.3 Å². The standard InChI is InChI=1S/C9H8F4O3.C8H4F4O3/c1-15-8(14)7-5(10)2-4(3-6(7)11)16-9(12)13;9-4-1-3(15-8(11)12)2-5(10)6(4)7(13)14/h2-3,8-9,14H,1H3;1-2,8H,(H,13,14). The molecule has 1 atom stereocenters. The highest BCUT2D eigenvalue weighted by Gasteiger charge is 2.21. The lowest BCUT2D eigenvalue weighted by Crippen LogP contribution is -2.08. The molecule has 2 aromatic rings. The van der Waals surface area contributed by atoms with Crippen LogP contribution in [0.25, 0.3) is 0 Å². The van der Waals surface area contributed by atoms with Crippen LogP contribution < -0.4 is 9.47 Å². The summed E-state index contributed by atoms with van der Waals surface area (Å²) >= 11 is 0. The summed E-state index contributed by atoms with van der Waals surface area (Å²) in [6.45, 7) is -6.42. The predicted octanol–water partition coefficient (Wildman–Crippen LogP) is 4.47. The number of carbonyl (C=O) groups is 1. The number of halogens is 8. The van der Waals surface area contributed by atoms with E-state index in [4.69, 9.17) is 10.2 Å². The number of aliphatic hydroxyl groups excluding tert-OH is 1. The van der Waals surface area contributed by atoms with Crippen molar-refractivity contribution in [3.8, 4) is 11.5 Å². The topological polar surface area (TPSA) is 85.2 Å². The number of carboxylic acid groups (broad SMARTS) is 1. The Morgan fingerprint density at radius 1 is 0.806 bits per heavy atom. The molecular formula is C17H12F8O6. The monoisotopic (exact) mass is 464 g/mol. The molecule has 0 saturated carbocycles. The van der Waals surface area contributed by atoms with Crippen LogP contribution in [0.5, 0.6) is 11.5 Å². The van der Waals surface area contributed by atoms with Crippen LogP contribution in [-0.4, -0.2) is 36.5 Å². The van der Waals surface area contributed by atoms with Gasteiger partial charge in [0.25, 0.3) is 0 Å². The molecule has 0 fully saturated rings. The molecule has 0 bridgehead atoms. The van der Waals surface area contributed by atoms with Crippen molar-refractivity contribution in [2.45, 2.75) is 19.5 Å². The first-order valence-corrected chi connectivity index (χ1v) is 7.69. The maximum absolute atomic E-state index is 13.2. The number of ether oxygens (including phenoxy) is 3. The van der Waals surface area contributed by atoms with Crippen molar-refractivity contribution in [2.75, 3.05) is 7.11 Å². The molecule has 172 valence electrons. The van der Waals surface area contributed by atoms with E-state index >= 15 is 0 Å². The average molecular weight is 464 g/mol. The highest BCUT2D eigenvalue weighted by molar-refractivity contribution is 5.88. The minimum Gasteiger partial charge on any atom is -0.477 e. The number of aliphatic hydroxyl groups is 1. The summed E-state index contributed by atoms with van der Waals surface area (Å²) < 4.78 is 111. The Hall–Kier alpha value is -3.13. The minimum atomic E-state index is -3.24. The predicted molar refractivity (Wildman–Crippen MR) is 84.9 cm³/mol. The van der Waals surface area contributed by atoms with E-state index in [1.165, 1.54) is 0 Å². The molecule has 6 nitrogen and oxygen atoms in total. The average Bonchev–Trinajstić information content (AvgIpc) is 2.59. The molecule has 31 heavy (non-hydrogen) atoms. The van der Waals surface area contributed by atoms with Gasteiger partial charge in [-0.2, -0.15) is 17.6 Å². The largest absolute Gasteiger partial charge is 0.477 e. The van der Waals surface area contributed by atoms with Gasteiger partial charge in [0.05, 0.1) is 5.56 Å². The Balaban J connectivity index is 0.000000311. The van der Waals surface area contributed by atoms with Crippen LogP contribution in [0.3, 0.4) is 0 Å². The molecule has 1 unspecified atom stereocenters. The fraction of sp³-hybridized carbons (Fsp3) is 0.235. The number of hydrogen-bond donors (Lipinski definition) is 2. The van der Waals surface area contributed by atoms with Gasteiger partial charge >= 0.3 is 19.2 Å². The number of alkyl halides is 4. The van der Waals surface area contributed by atoms with Crippen molar-refractivity contribution in [1.29, 1.82) is 0 Å². The number of hydrogen-bond acceptors (Lipinski definition) is 5. The van der Waals surface area contributed by atoms with Gasteiger partial charge in [-0.25, -0.2) is 22.4 Å². The van der Waals surface area contributed by atoms with Gasteiger partial charge in [0.1, 0.15) is 40.3 Å². The third kappa shape index (κ3) is 7.57. The van der Waals surface area contributed by atoms with Crippen LogP contribution >= 0.6 is 0 Å². The maximum Gasteiger partial charge on any atom is 0.387 e. The number of rotatable bonds is 7. The Morgan fingerprint density at radius 3 is 1.45 bits per heavy atom. The smallest absolute Gasteiger partial charge is 0.387 e. The second kappa shape index (κ2) is 11.3. The number of carboxylic acids is 1. The summed E-state index contributed by atoms with van der Waals surface area (Å²) in [4.78, 5) is 10.3. The highest BCUT2D eigenvalue weighted by Crippen LogP contribution is 2.27. The normalized spacial score (nSPS) is 11.7. The van der Waals surface area contributed by atoms with Crippen LogP contribution in [0.2, 0.25) is 0 Å². The SMILES string of the molecule is COC(O)c1c(F)cc(OC(F)F)cc1F.O=C(O)c1c(F)cc(OC(F)F)cc1F. The van der Waals surface area contributed by atoms with E-state index in [0.29, 0.717) is 24.3 Å². The number of benzene rings is 2. The molecule has 0 radical (unpaired) electrons. The van der Waals surface area contributed by atoms with Crippen molar-refractivity contribution in [1.82, 2.24) is 0 Å². The van der Waals surface area contributed by atoms with Gasteiger partial charge in [-0.1, -0.05) is 0 Å². The van der Waals surface area contributed by atoms with Crippen molar-refractivity contribution in [2.24, 2.45) is 0 Å². The lowest BCUT2D eigenvalue weighted by Gasteiger charge is -2.12. The molecule has 0 saturated heterocycles. The van der Waals surface area contributed by atoms with E-state index in [9.17, 15) is 39.9 Å². The Labute approximate surface area is 168 Å². The van der Waals surface area contributed by atoms with E-state index in [0.717, 1.165) is 7.11 Å². The molecule has 0 aromatic heterocycles. The molecule has 0 spiro atoms. The summed E-state index contributed by atoms with van der Waals surface area (Å²) in [5.41, 5.74) is -1.97. The second-order valence-electron chi connectivity index (χ2n) is 5.21. The van der Waals surface area contributed by atoms with E-state index < -0.39 is 71.4 Å². The van der Waals surface area contributed by atoms with Crippen LogP contribution in [0.1, 0.15) is 22.2 Å². The first-order chi connectivity index (χ1) is 14.4. The Morgan fingerprint density at radius 2 is 1.16 bits per heavy atom. The third-order valence-corrected chi connectivity index (χ3v) is 3.20. The highest BCUT2D eigenvalue weighted by atomic mass is 19.3. The van der Waals surface area contributed by atoms with Gasteiger partial charge in [0.15, 0.2) is 6.29 Å². The molecule has 0 aliphatic carbocycles. The number of methoxy groups -OCH3 is 1. The molecule has 2 aromatic carbocycles. The fourth-order valence-electron chi connectivity index (χ4n) is 2.01. The summed E-state index contributed by atoms with van der Waals surface area (Å²) in [5, 5.41) is 17.4.